The number of rotatable bonds is 8. The molecule has 5 rings (SSSR count). The highest BCUT2D eigenvalue weighted by atomic mass is 16.5. The Bertz CT molecular complexity index is 1180. The molecule has 9 heteroatoms. The number of likely N-dealkylation sites (tertiary alicyclic amines) is 1. The van der Waals surface area contributed by atoms with Gasteiger partial charge in [0, 0.05) is 32.2 Å². The van der Waals surface area contributed by atoms with Crippen molar-refractivity contribution in [2.75, 3.05) is 39.9 Å². The van der Waals surface area contributed by atoms with Crippen LogP contribution in [0.1, 0.15) is 24.1 Å². The zero-order chi connectivity index (χ0) is 22.6. The summed E-state index contributed by atoms with van der Waals surface area (Å²) < 4.78 is 12.7. The SMILES string of the molecule is COc1cnc2ncc(=O)n(CCN3CC[C@@H](CNCc4cc5c(cn4)OCCC5)C3)c2c1. The number of methoxy groups -OCH3 is 1. The van der Waals surface area contributed by atoms with Crippen LogP contribution in [0.2, 0.25) is 0 Å². The Morgan fingerprint density at radius 1 is 1.18 bits per heavy atom. The van der Waals surface area contributed by atoms with Crippen molar-refractivity contribution in [3.8, 4) is 11.5 Å². The summed E-state index contributed by atoms with van der Waals surface area (Å²) in [6, 6.07) is 4.00. The fourth-order valence-corrected chi connectivity index (χ4v) is 4.70. The molecule has 1 atom stereocenters. The summed E-state index contributed by atoms with van der Waals surface area (Å²) in [4.78, 5) is 27.9. The second-order valence-corrected chi connectivity index (χ2v) is 8.79. The number of nitrogens with zero attached hydrogens (tertiary/aromatic N) is 5. The number of hydrogen-bond donors (Lipinski definition) is 1. The van der Waals surface area contributed by atoms with E-state index >= 15 is 0 Å². The molecule has 9 nitrogen and oxygen atoms in total. The average molecular weight is 451 g/mol. The maximum absolute atomic E-state index is 12.5. The van der Waals surface area contributed by atoms with Crippen molar-refractivity contribution < 1.29 is 9.47 Å². The first-order chi connectivity index (χ1) is 16.2. The van der Waals surface area contributed by atoms with Gasteiger partial charge in [-0.05, 0) is 49.9 Å². The van der Waals surface area contributed by atoms with Crippen LogP contribution < -0.4 is 20.3 Å². The molecule has 0 bridgehead atoms. The second-order valence-electron chi connectivity index (χ2n) is 8.79. The summed E-state index contributed by atoms with van der Waals surface area (Å²) in [6.07, 6.45) is 8.13. The van der Waals surface area contributed by atoms with Gasteiger partial charge in [0.25, 0.3) is 5.56 Å². The maximum atomic E-state index is 12.5. The molecule has 33 heavy (non-hydrogen) atoms. The summed E-state index contributed by atoms with van der Waals surface area (Å²) >= 11 is 0. The summed E-state index contributed by atoms with van der Waals surface area (Å²) in [6.45, 7) is 6.02. The predicted molar refractivity (Wildman–Crippen MR) is 125 cm³/mol. The summed E-state index contributed by atoms with van der Waals surface area (Å²) in [5.74, 6) is 2.15. The van der Waals surface area contributed by atoms with Gasteiger partial charge in [-0.15, -0.1) is 0 Å². The number of fused-ring (bicyclic) bond motifs is 2. The fraction of sp³-hybridized carbons (Fsp3) is 0.500. The number of aromatic nitrogens is 4. The van der Waals surface area contributed by atoms with Crippen LogP contribution in [0.15, 0.2) is 35.5 Å². The highest BCUT2D eigenvalue weighted by Crippen LogP contribution is 2.24. The largest absolute Gasteiger partial charge is 0.495 e. The minimum Gasteiger partial charge on any atom is -0.495 e. The van der Waals surface area contributed by atoms with E-state index in [4.69, 9.17) is 9.47 Å². The summed E-state index contributed by atoms with van der Waals surface area (Å²) in [5, 5.41) is 3.58. The quantitative estimate of drug-likeness (QED) is 0.554. The van der Waals surface area contributed by atoms with Crippen molar-refractivity contribution in [2.45, 2.75) is 32.4 Å². The topological polar surface area (TPSA) is 94.4 Å². The third-order valence-electron chi connectivity index (χ3n) is 6.51. The summed E-state index contributed by atoms with van der Waals surface area (Å²) in [5.41, 5.74) is 3.50. The van der Waals surface area contributed by atoms with Gasteiger partial charge in [0.1, 0.15) is 11.5 Å². The molecule has 0 aliphatic carbocycles. The highest BCUT2D eigenvalue weighted by Gasteiger charge is 2.22. The molecule has 0 saturated carbocycles. The Kier molecular flexibility index (Phi) is 6.50. The molecule has 0 amide bonds. The lowest BCUT2D eigenvalue weighted by molar-refractivity contribution is 0.286. The molecule has 1 saturated heterocycles. The molecule has 174 valence electrons. The molecular weight excluding hydrogens is 420 g/mol. The van der Waals surface area contributed by atoms with Crippen LogP contribution in [0.3, 0.4) is 0 Å². The van der Waals surface area contributed by atoms with Crippen molar-refractivity contribution in [3.05, 3.63) is 52.3 Å². The Balaban J connectivity index is 1.13. The average Bonchev–Trinajstić information content (AvgIpc) is 3.30. The van der Waals surface area contributed by atoms with Crippen LogP contribution in [-0.2, 0) is 19.5 Å². The van der Waals surface area contributed by atoms with Crippen LogP contribution in [0, 0.1) is 5.92 Å². The smallest absolute Gasteiger partial charge is 0.269 e. The van der Waals surface area contributed by atoms with Gasteiger partial charge in [-0.3, -0.25) is 9.78 Å². The lowest BCUT2D eigenvalue weighted by Gasteiger charge is -2.18. The molecule has 1 fully saturated rings. The first-order valence-electron chi connectivity index (χ1n) is 11.6. The van der Waals surface area contributed by atoms with Crippen LogP contribution in [0.4, 0.5) is 0 Å². The molecule has 2 aliphatic rings. The van der Waals surface area contributed by atoms with Gasteiger partial charge in [-0.2, -0.15) is 0 Å². The monoisotopic (exact) mass is 450 g/mol. The van der Waals surface area contributed by atoms with Gasteiger partial charge >= 0.3 is 0 Å². The van der Waals surface area contributed by atoms with Gasteiger partial charge in [0.15, 0.2) is 5.65 Å². The molecule has 5 heterocycles. The van der Waals surface area contributed by atoms with Gasteiger partial charge < -0.3 is 24.3 Å². The third kappa shape index (κ3) is 4.99. The lowest BCUT2D eigenvalue weighted by Crippen LogP contribution is -2.31. The number of aryl methyl sites for hydroxylation is 1. The van der Waals surface area contributed by atoms with Crippen molar-refractivity contribution in [2.24, 2.45) is 5.92 Å². The van der Waals surface area contributed by atoms with Crippen LogP contribution in [0.5, 0.6) is 11.5 Å². The van der Waals surface area contributed by atoms with E-state index in [9.17, 15) is 4.79 Å². The maximum Gasteiger partial charge on any atom is 0.269 e. The minimum absolute atomic E-state index is 0.113. The fourth-order valence-electron chi connectivity index (χ4n) is 4.70. The molecule has 2 aliphatic heterocycles. The van der Waals surface area contributed by atoms with E-state index in [0.717, 1.165) is 70.0 Å². The molecule has 0 aromatic carbocycles. The molecule has 3 aromatic heterocycles. The summed E-state index contributed by atoms with van der Waals surface area (Å²) in [7, 11) is 1.59. The molecule has 0 radical (unpaired) electrons. The van der Waals surface area contributed by atoms with Crippen LogP contribution in [-0.4, -0.2) is 64.3 Å². The minimum atomic E-state index is -0.113. The van der Waals surface area contributed by atoms with Gasteiger partial charge in [0.2, 0.25) is 0 Å². The Morgan fingerprint density at radius 2 is 2.09 bits per heavy atom. The van der Waals surface area contributed by atoms with Gasteiger partial charge in [0.05, 0.1) is 43.5 Å². The van der Waals surface area contributed by atoms with Crippen LogP contribution >= 0.6 is 0 Å². The Morgan fingerprint density at radius 3 is 3.00 bits per heavy atom. The van der Waals surface area contributed by atoms with Crippen molar-refractivity contribution in [1.29, 1.82) is 0 Å². The number of nitrogens with one attached hydrogen (secondary N) is 1. The Labute approximate surface area is 192 Å². The van der Waals surface area contributed by atoms with E-state index in [1.165, 1.54) is 11.8 Å². The van der Waals surface area contributed by atoms with E-state index in [0.29, 0.717) is 29.4 Å². The number of ether oxygens (including phenoxy) is 2. The van der Waals surface area contributed by atoms with Crippen molar-refractivity contribution in [3.63, 3.8) is 0 Å². The number of hydrogen-bond acceptors (Lipinski definition) is 8. The third-order valence-corrected chi connectivity index (χ3v) is 6.51. The Hall–Kier alpha value is -3.04. The first-order valence-corrected chi connectivity index (χ1v) is 11.6. The zero-order valence-electron chi connectivity index (χ0n) is 19.0. The van der Waals surface area contributed by atoms with Crippen LogP contribution in [0.25, 0.3) is 11.2 Å². The van der Waals surface area contributed by atoms with E-state index in [1.54, 1.807) is 17.9 Å². The highest BCUT2D eigenvalue weighted by molar-refractivity contribution is 5.71. The van der Waals surface area contributed by atoms with E-state index in [1.807, 2.05) is 12.3 Å². The van der Waals surface area contributed by atoms with Gasteiger partial charge in [-0.25, -0.2) is 9.97 Å². The number of pyridine rings is 2. The van der Waals surface area contributed by atoms with Crippen molar-refractivity contribution >= 4 is 11.2 Å². The normalized spacial score (nSPS) is 18.3. The standard InChI is InChI=1S/C24H30N6O3/c1-32-20-10-21-24(27-13-20)28-15-23(31)30(21)7-6-29-5-4-17(16-29)11-25-12-19-9-18-3-2-8-33-22(18)14-26-19/h9-10,13-15,17,25H,2-8,11-12,16H2,1H3/t17-/m0/s1. The molecule has 3 aromatic rings. The molecular formula is C24H30N6O3. The van der Waals surface area contributed by atoms with E-state index in [2.05, 4.69) is 31.2 Å². The molecule has 0 spiro atoms. The zero-order valence-corrected chi connectivity index (χ0v) is 19.0. The second kappa shape index (κ2) is 9.84. The molecule has 1 N–H and O–H groups in total. The van der Waals surface area contributed by atoms with E-state index < -0.39 is 0 Å². The van der Waals surface area contributed by atoms with Crippen molar-refractivity contribution in [1.82, 2.24) is 29.7 Å². The van der Waals surface area contributed by atoms with Gasteiger partial charge in [-0.1, -0.05) is 0 Å². The lowest BCUT2D eigenvalue weighted by atomic mass is 10.1. The molecule has 0 unspecified atom stereocenters. The first kappa shape index (κ1) is 21.8. The predicted octanol–water partition coefficient (Wildman–Crippen LogP) is 1.63. The van der Waals surface area contributed by atoms with E-state index in [-0.39, 0.29) is 5.56 Å².